The number of allylic oxidation sites excluding steroid dienone is 1. The summed E-state index contributed by atoms with van der Waals surface area (Å²) in [5, 5.41) is 0. The summed E-state index contributed by atoms with van der Waals surface area (Å²) in [4.78, 5) is 0. The Kier molecular flexibility index (Phi) is 97.5. The molecule has 0 saturated carbocycles. The maximum atomic E-state index is 3.83. The number of hydrogen-bond acceptors (Lipinski definition) is 0. The molecular formula is C99H198. The highest BCUT2D eigenvalue weighted by molar-refractivity contribution is 4.66. The van der Waals surface area contributed by atoms with E-state index in [-0.39, 0.29) is 0 Å². The Bertz CT molecular complexity index is 1310. The SMILES string of the molecule is C=CCCCCCCCCCCCCCCCCCCCCCCCCCCCCCCCCCCCCCCCCCCCCCCCCCCCCCCCCCCCCCCCCCCCCCCCCCCCCCCCCCCCCCCCCCCCCCCCCC. The molecule has 0 fully saturated rings. The number of rotatable bonds is 96. The normalized spacial score (nSPS) is 11.8. The molecule has 0 radical (unpaired) electrons. The lowest BCUT2D eigenvalue weighted by Gasteiger charge is -2.05. The molecule has 0 bridgehead atoms. The van der Waals surface area contributed by atoms with E-state index >= 15 is 0 Å². The van der Waals surface area contributed by atoms with Crippen molar-refractivity contribution < 1.29 is 0 Å². The molecule has 0 amide bonds. The Morgan fingerprint density at radius 1 is 0.101 bits per heavy atom. The van der Waals surface area contributed by atoms with Crippen molar-refractivity contribution in [3.05, 3.63) is 12.7 Å². The summed E-state index contributed by atoms with van der Waals surface area (Å²) in [5.74, 6) is 0. The van der Waals surface area contributed by atoms with Crippen LogP contribution in [0, 0.1) is 0 Å². The molecule has 0 spiro atoms. The Morgan fingerprint density at radius 3 is 0.222 bits per heavy atom. The van der Waals surface area contributed by atoms with Gasteiger partial charge in [-0.05, 0) is 12.8 Å². The van der Waals surface area contributed by atoms with Gasteiger partial charge in [-0.3, -0.25) is 0 Å². The van der Waals surface area contributed by atoms with Gasteiger partial charge >= 0.3 is 0 Å². The molecule has 0 aliphatic carbocycles. The maximum absolute atomic E-state index is 3.83. The van der Waals surface area contributed by atoms with Crippen LogP contribution in [0.15, 0.2) is 12.7 Å². The van der Waals surface area contributed by atoms with Crippen LogP contribution in [0.4, 0.5) is 0 Å². The molecule has 594 valence electrons. The van der Waals surface area contributed by atoms with Crippen LogP contribution in [-0.4, -0.2) is 0 Å². The van der Waals surface area contributed by atoms with E-state index in [1.165, 1.54) is 616 Å². The van der Waals surface area contributed by atoms with Gasteiger partial charge in [0.05, 0.1) is 0 Å². The van der Waals surface area contributed by atoms with Gasteiger partial charge in [0.2, 0.25) is 0 Å². The van der Waals surface area contributed by atoms with Gasteiger partial charge in [-0.1, -0.05) is 617 Å². The van der Waals surface area contributed by atoms with Crippen molar-refractivity contribution in [2.24, 2.45) is 0 Å². The van der Waals surface area contributed by atoms with Crippen LogP contribution < -0.4 is 0 Å². The molecule has 0 aliphatic rings. The summed E-state index contributed by atoms with van der Waals surface area (Å²) in [6.45, 7) is 6.14. The van der Waals surface area contributed by atoms with E-state index in [2.05, 4.69) is 19.6 Å². The lowest BCUT2D eigenvalue weighted by atomic mass is 10.0. The summed E-state index contributed by atoms with van der Waals surface area (Å²) in [6.07, 6.45) is 145. The molecule has 0 nitrogen and oxygen atoms in total. The van der Waals surface area contributed by atoms with Crippen LogP contribution in [-0.2, 0) is 0 Å². The van der Waals surface area contributed by atoms with E-state index in [4.69, 9.17) is 0 Å². The number of unbranched alkanes of at least 4 members (excludes halogenated alkanes) is 95. The summed E-state index contributed by atoms with van der Waals surface area (Å²) >= 11 is 0. The molecule has 0 aromatic heterocycles. The fraction of sp³-hybridized carbons (Fsp3) is 0.980. The van der Waals surface area contributed by atoms with Gasteiger partial charge < -0.3 is 0 Å². The Balaban J connectivity index is 3.09. The van der Waals surface area contributed by atoms with E-state index in [9.17, 15) is 0 Å². The topological polar surface area (TPSA) is 0 Å². The summed E-state index contributed by atoms with van der Waals surface area (Å²) in [7, 11) is 0. The third-order valence-corrected chi connectivity index (χ3v) is 24.0. The second-order valence-corrected chi connectivity index (χ2v) is 34.3. The maximum Gasteiger partial charge on any atom is -0.0353 e. The van der Waals surface area contributed by atoms with Crippen LogP contribution in [0.5, 0.6) is 0 Å². The molecule has 0 unspecified atom stereocenters. The van der Waals surface area contributed by atoms with Gasteiger partial charge in [-0.2, -0.15) is 0 Å². The average Bonchev–Trinajstić information content (AvgIpc) is 3.64. The van der Waals surface area contributed by atoms with E-state index in [1.54, 1.807) is 0 Å². The first-order chi connectivity index (χ1) is 49.4. The Morgan fingerprint density at radius 2 is 0.162 bits per heavy atom. The van der Waals surface area contributed by atoms with E-state index < -0.39 is 0 Å². The van der Waals surface area contributed by atoms with E-state index in [0.29, 0.717) is 0 Å². The summed E-state index contributed by atoms with van der Waals surface area (Å²) in [5.41, 5.74) is 0. The van der Waals surface area contributed by atoms with Gasteiger partial charge in [0.25, 0.3) is 0 Å². The quantitative estimate of drug-likeness (QED) is 0.0421. The van der Waals surface area contributed by atoms with Crippen LogP contribution in [0.1, 0.15) is 623 Å². The van der Waals surface area contributed by atoms with Crippen molar-refractivity contribution in [2.75, 3.05) is 0 Å². The van der Waals surface area contributed by atoms with Gasteiger partial charge in [0.1, 0.15) is 0 Å². The smallest absolute Gasteiger partial charge is 0.0353 e. The predicted molar refractivity (Wildman–Crippen MR) is 459 cm³/mol. The highest BCUT2D eigenvalue weighted by atomic mass is 14.1. The molecule has 0 aromatic carbocycles. The van der Waals surface area contributed by atoms with Crippen LogP contribution in [0.3, 0.4) is 0 Å². The van der Waals surface area contributed by atoms with Crippen LogP contribution in [0.25, 0.3) is 0 Å². The Labute approximate surface area is 632 Å². The van der Waals surface area contributed by atoms with Crippen molar-refractivity contribution in [1.82, 2.24) is 0 Å². The van der Waals surface area contributed by atoms with Gasteiger partial charge in [-0.25, -0.2) is 0 Å². The first-order valence-electron chi connectivity index (χ1n) is 49.0. The molecule has 0 aliphatic heterocycles. The third-order valence-electron chi connectivity index (χ3n) is 24.0. The first kappa shape index (κ1) is 98.7. The standard InChI is InChI=1S/C99H198/c1-3-5-7-9-11-13-15-17-19-21-23-25-27-29-31-33-35-37-39-41-43-45-47-49-51-53-55-57-59-61-63-65-67-69-71-73-75-77-79-81-83-85-87-89-91-93-95-97-99-98-96-94-92-90-88-86-84-82-80-78-76-74-72-70-68-66-64-62-60-58-56-54-52-50-48-46-44-42-40-38-36-34-32-30-28-26-24-22-20-18-16-14-12-10-8-6-4-2/h3H,1,4-99H2,2H3. The second kappa shape index (κ2) is 97.7. The lowest BCUT2D eigenvalue weighted by Crippen LogP contribution is -1.85. The van der Waals surface area contributed by atoms with Crippen molar-refractivity contribution in [1.29, 1.82) is 0 Å². The van der Waals surface area contributed by atoms with Crippen molar-refractivity contribution in [3.8, 4) is 0 Å². The Hall–Kier alpha value is -0.260. The largest absolute Gasteiger partial charge is 0.103 e. The van der Waals surface area contributed by atoms with Gasteiger partial charge in [0.15, 0.2) is 0 Å². The first-order valence-corrected chi connectivity index (χ1v) is 49.0. The average molecular weight is 1390 g/mol. The predicted octanol–water partition coefficient (Wildman–Crippen LogP) is 38.6. The molecule has 0 aromatic rings. The van der Waals surface area contributed by atoms with Crippen molar-refractivity contribution in [2.45, 2.75) is 623 Å². The highest BCUT2D eigenvalue weighted by Crippen LogP contribution is 2.23. The zero-order chi connectivity index (χ0) is 70.6. The highest BCUT2D eigenvalue weighted by Gasteiger charge is 2.04. The monoisotopic (exact) mass is 1390 g/mol. The fourth-order valence-electron chi connectivity index (χ4n) is 16.8. The molecule has 0 heterocycles. The minimum absolute atomic E-state index is 1.21. The van der Waals surface area contributed by atoms with E-state index in [0.717, 1.165) is 0 Å². The number of hydrogen-bond donors (Lipinski definition) is 0. The molecule has 0 N–H and O–H groups in total. The van der Waals surface area contributed by atoms with Gasteiger partial charge in [-0.15, -0.1) is 6.58 Å². The van der Waals surface area contributed by atoms with Crippen molar-refractivity contribution in [3.63, 3.8) is 0 Å². The van der Waals surface area contributed by atoms with Crippen molar-refractivity contribution >= 4 is 0 Å². The van der Waals surface area contributed by atoms with Gasteiger partial charge in [0, 0.05) is 0 Å². The van der Waals surface area contributed by atoms with E-state index in [1.807, 2.05) is 0 Å². The van der Waals surface area contributed by atoms with Crippen LogP contribution >= 0.6 is 0 Å². The molecule has 0 saturated heterocycles. The third kappa shape index (κ3) is 97.7. The summed E-state index contributed by atoms with van der Waals surface area (Å²) in [6, 6.07) is 0. The minimum Gasteiger partial charge on any atom is -0.103 e. The molecule has 0 heteroatoms. The zero-order valence-corrected chi connectivity index (χ0v) is 70.2. The zero-order valence-electron chi connectivity index (χ0n) is 70.2. The summed E-state index contributed by atoms with van der Waals surface area (Å²) < 4.78 is 0. The fourth-order valence-corrected chi connectivity index (χ4v) is 16.8. The lowest BCUT2D eigenvalue weighted by molar-refractivity contribution is 0.505. The molecule has 99 heavy (non-hydrogen) atoms. The molecule has 0 rings (SSSR count). The molecule has 0 atom stereocenters. The minimum atomic E-state index is 1.21. The van der Waals surface area contributed by atoms with Crippen LogP contribution in [0.2, 0.25) is 0 Å². The second-order valence-electron chi connectivity index (χ2n) is 34.3. The molecular weight excluding hydrogens is 1190 g/mol.